The van der Waals surface area contributed by atoms with Gasteiger partial charge in [-0.1, -0.05) is 0 Å². The van der Waals surface area contributed by atoms with Gasteiger partial charge in [0.25, 0.3) is 0 Å². The highest BCUT2D eigenvalue weighted by molar-refractivity contribution is 9.10. The number of hydrogen-bond donors (Lipinski definition) is 1. The third-order valence-corrected chi connectivity index (χ3v) is 3.25. The van der Waals surface area contributed by atoms with Crippen LogP contribution in [-0.2, 0) is 7.05 Å². The van der Waals surface area contributed by atoms with E-state index < -0.39 is 0 Å². The molecule has 0 aromatic carbocycles. The highest BCUT2D eigenvalue weighted by atomic mass is 79.9. The maximum atomic E-state index is 5.94. The van der Waals surface area contributed by atoms with Crippen molar-refractivity contribution in [1.29, 1.82) is 0 Å². The second kappa shape index (κ2) is 3.81. The molecule has 0 spiro atoms. The number of fused-ring (bicyclic) bond motifs is 1. The first-order valence-corrected chi connectivity index (χ1v) is 6.16. The molecule has 7 heteroatoms. The summed E-state index contributed by atoms with van der Waals surface area (Å²) < 4.78 is 4.41. The average Bonchev–Trinajstić information content (AvgIpc) is 2.78. The Labute approximate surface area is 112 Å². The number of aromatic nitrogens is 5. The SMILES string of the molecule is Cc1cc(-n2c(N)nc3cc(Br)cnc32)nn1C. The molecule has 0 fully saturated rings. The average molecular weight is 307 g/mol. The van der Waals surface area contributed by atoms with Crippen LogP contribution in [0.1, 0.15) is 5.69 Å². The highest BCUT2D eigenvalue weighted by Crippen LogP contribution is 2.23. The number of nitrogens with zero attached hydrogens (tertiary/aromatic N) is 5. The van der Waals surface area contributed by atoms with Crippen LogP contribution in [0.4, 0.5) is 5.95 Å². The highest BCUT2D eigenvalue weighted by Gasteiger charge is 2.14. The summed E-state index contributed by atoms with van der Waals surface area (Å²) in [6.45, 7) is 1.98. The van der Waals surface area contributed by atoms with Gasteiger partial charge in [0.05, 0.1) is 0 Å². The van der Waals surface area contributed by atoms with Crippen LogP contribution in [-0.4, -0.2) is 24.3 Å². The molecule has 18 heavy (non-hydrogen) atoms. The molecule has 0 unspecified atom stereocenters. The van der Waals surface area contributed by atoms with Crippen molar-refractivity contribution in [3.8, 4) is 5.82 Å². The lowest BCUT2D eigenvalue weighted by Gasteiger charge is -2.00. The topological polar surface area (TPSA) is 74.6 Å². The van der Waals surface area contributed by atoms with Crippen molar-refractivity contribution in [3.63, 3.8) is 0 Å². The van der Waals surface area contributed by atoms with E-state index in [4.69, 9.17) is 5.73 Å². The number of anilines is 1. The summed E-state index contributed by atoms with van der Waals surface area (Å²) in [5, 5.41) is 4.39. The fraction of sp³-hybridized carbons (Fsp3) is 0.182. The van der Waals surface area contributed by atoms with Crippen molar-refractivity contribution in [2.45, 2.75) is 6.92 Å². The van der Waals surface area contributed by atoms with Crippen LogP contribution >= 0.6 is 15.9 Å². The van der Waals surface area contributed by atoms with Crippen LogP contribution < -0.4 is 5.73 Å². The molecule has 0 radical (unpaired) electrons. The van der Waals surface area contributed by atoms with Crippen LogP contribution in [0.3, 0.4) is 0 Å². The predicted octanol–water partition coefficient (Wildman–Crippen LogP) is 1.81. The second-order valence-electron chi connectivity index (χ2n) is 4.07. The Morgan fingerprint density at radius 2 is 2.11 bits per heavy atom. The molecule has 0 saturated carbocycles. The van der Waals surface area contributed by atoms with Crippen molar-refractivity contribution < 1.29 is 0 Å². The molecule has 0 aliphatic heterocycles. The van der Waals surface area contributed by atoms with Gasteiger partial charge in [-0.25, -0.2) is 14.5 Å². The zero-order chi connectivity index (χ0) is 12.9. The summed E-state index contributed by atoms with van der Waals surface area (Å²) >= 11 is 3.37. The molecule has 0 saturated heterocycles. The van der Waals surface area contributed by atoms with E-state index in [1.807, 2.05) is 26.1 Å². The lowest BCUT2D eigenvalue weighted by atomic mass is 10.4. The van der Waals surface area contributed by atoms with Gasteiger partial charge in [0.15, 0.2) is 11.5 Å². The van der Waals surface area contributed by atoms with Crippen LogP contribution in [0.2, 0.25) is 0 Å². The monoisotopic (exact) mass is 306 g/mol. The largest absolute Gasteiger partial charge is 0.369 e. The summed E-state index contributed by atoms with van der Waals surface area (Å²) in [5.74, 6) is 1.11. The second-order valence-corrected chi connectivity index (χ2v) is 4.98. The number of pyridine rings is 1. The molecular weight excluding hydrogens is 296 g/mol. The Balaban J connectivity index is 2.31. The smallest absolute Gasteiger partial charge is 0.208 e. The van der Waals surface area contributed by atoms with Crippen molar-refractivity contribution in [2.24, 2.45) is 7.05 Å². The van der Waals surface area contributed by atoms with Gasteiger partial charge in [-0.05, 0) is 28.9 Å². The van der Waals surface area contributed by atoms with Gasteiger partial charge in [-0.15, -0.1) is 0 Å². The number of imidazole rings is 1. The molecule has 3 aromatic heterocycles. The Hall–Kier alpha value is -1.89. The fourth-order valence-corrected chi connectivity index (χ4v) is 2.15. The summed E-state index contributed by atoms with van der Waals surface area (Å²) in [5.41, 5.74) is 8.43. The van der Waals surface area contributed by atoms with Crippen molar-refractivity contribution in [1.82, 2.24) is 24.3 Å². The minimum absolute atomic E-state index is 0.383. The molecule has 92 valence electrons. The van der Waals surface area contributed by atoms with Crippen LogP contribution in [0.25, 0.3) is 17.0 Å². The van der Waals surface area contributed by atoms with Gasteiger partial charge >= 0.3 is 0 Å². The maximum Gasteiger partial charge on any atom is 0.208 e. The molecule has 3 rings (SSSR count). The van der Waals surface area contributed by atoms with Crippen molar-refractivity contribution in [3.05, 3.63) is 28.5 Å². The number of halogens is 1. The van der Waals surface area contributed by atoms with E-state index in [0.717, 1.165) is 21.5 Å². The number of aryl methyl sites for hydroxylation is 2. The molecular formula is C11H11BrN6. The Morgan fingerprint density at radius 1 is 1.33 bits per heavy atom. The van der Waals surface area contributed by atoms with Crippen molar-refractivity contribution in [2.75, 3.05) is 5.73 Å². The van der Waals surface area contributed by atoms with Gasteiger partial charge in [-0.3, -0.25) is 4.68 Å². The van der Waals surface area contributed by atoms with Gasteiger partial charge in [0.2, 0.25) is 5.95 Å². The van der Waals surface area contributed by atoms with Crippen molar-refractivity contribution >= 4 is 33.0 Å². The Kier molecular flexibility index (Phi) is 2.37. The fourth-order valence-electron chi connectivity index (χ4n) is 1.83. The summed E-state index contributed by atoms with van der Waals surface area (Å²) in [6, 6.07) is 3.83. The third kappa shape index (κ3) is 1.59. The van der Waals surface area contributed by atoms with Gasteiger partial charge in [0, 0.05) is 29.5 Å². The predicted molar refractivity (Wildman–Crippen MR) is 72.5 cm³/mol. The normalized spacial score (nSPS) is 11.3. The third-order valence-electron chi connectivity index (χ3n) is 2.82. The lowest BCUT2D eigenvalue weighted by Crippen LogP contribution is -2.03. The standard InChI is InChI=1S/C11H11BrN6/c1-6-3-9(16-17(6)2)18-10-8(15-11(18)13)4-7(12)5-14-10/h3-5H,1-2H3,(H2,13,15). The van der Waals surface area contributed by atoms with Crippen LogP contribution in [0, 0.1) is 6.92 Å². The first-order chi connectivity index (χ1) is 8.56. The molecule has 0 bridgehead atoms. The molecule has 0 aliphatic carbocycles. The van der Waals surface area contributed by atoms with Crippen LogP contribution in [0.5, 0.6) is 0 Å². The Morgan fingerprint density at radius 3 is 2.78 bits per heavy atom. The minimum Gasteiger partial charge on any atom is -0.369 e. The first-order valence-electron chi connectivity index (χ1n) is 5.37. The Bertz CT molecular complexity index is 722. The van der Waals surface area contributed by atoms with E-state index in [0.29, 0.717) is 11.6 Å². The molecule has 0 amide bonds. The van der Waals surface area contributed by atoms with Gasteiger partial charge in [-0.2, -0.15) is 5.10 Å². The molecule has 0 atom stereocenters. The molecule has 3 aromatic rings. The molecule has 3 heterocycles. The summed E-state index contributed by atoms with van der Waals surface area (Å²) in [4.78, 5) is 8.63. The number of nitrogen functional groups attached to an aromatic ring is 1. The molecule has 2 N–H and O–H groups in total. The lowest BCUT2D eigenvalue weighted by molar-refractivity contribution is 0.730. The summed E-state index contributed by atoms with van der Waals surface area (Å²) in [6.07, 6.45) is 1.72. The van der Waals surface area contributed by atoms with Crippen LogP contribution in [0.15, 0.2) is 22.8 Å². The zero-order valence-corrected chi connectivity index (χ0v) is 11.5. The van der Waals surface area contributed by atoms with E-state index in [1.54, 1.807) is 15.4 Å². The number of hydrogen-bond acceptors (Lipinski definition) is 4. The molecule has 0 aliphatic rings. The minimum atomic E-state index is 0.383. The van der Waals surface area contributed by atoms with Gasteiger partial charge < -0.3 is 5.73 Å². The number of nitrogens with two attached hydrogens (primary N) is 1. The van der Waals surface area contributed by atoms with E-state index in [-0.39, 0.29) is 0 Å². The number of rotatable bonds is 1. The summed E-state index contributed by atoms with van der Waals surface area (Å²) in [7, 11) is 1.89. The van der Waals surface area contributed by atoms with E-state index >= 15 is 0 Å². The molecule has 6 nitrogen and oxygen atoms in total. The first kappa shape index (κ1) is 11.2. The zero-order valence-electron chi connectivity index (χ0n) is 9.92. The van der Waals surface area contributed by atoms with E-state index in [2.05, 4.69) is 31.0 Å². The quantitative estimate of drug-likeness (QED) is 0.744. The maximum absolute atomic E-state index is 5.94. The van der Waals surface area contributed by atoms with E-state index in [1.165, 1.54) is 0 Å². The van der Waals surface area contributed by atoms with Gasteiger partial charge in [0.1, 0.15) is 5.52 Å². The van der Waals surface area contributed by atoms with E-state index in [9.17, 15) is 0 Å².